The number of ether oxygens (including phenoxy) is 1. The largest absolute Gasteiger partial charge is 0.491 e. The van der Waals surface area contributed by atoms with E-state index in [9.17, 15) is 18.0 Å². The smallest absolute Gasteiger partial charge is 0.391 e. The number of carbonyl (C=O) groups excluding carboxylic acids is 1. The van der Waals surface area contributed by atoms with Gasteiger partial charge in [-0.3, -0.25) is 4.79 Å². The normalized spacial score (nSPS) is 17.8. The molecule has 8 heteroatoms. The summed E-state index contributed by atoms with van der Waals surface area (Å²) in [6.45, 7) is 3.13. The number of halogens is 3. The number of hydrogen-bond donors (Lipinski definition) is 1. The average molecular weight is 433 g/mol. The summed E-state index contributed by atoms with van der Waals surface area (Å²) in [7, 11) is 1.74. The fourth-order valence-corrected chi connectivity index (χ4v) is 4.14. The van der Waals surface area contributed by atoms with E-state index in [1.807, 2.05) is 48.2 Å². The van der Waals surface area contributed by atoms with Crippen LogP contribution in [0.2, 0.25) is 0 Å². The summed E-state index contributed by atoms with van der Waals surface area (Å²) in [5.74, 6) is -0.527. The molecule has 2 aromatic rings. The van der Waals surface area contributed by atoms with Crippen LogP contribution in [0.25, 0.3) is 0 Å². The van der Waals surface area contributed by atoms with E-state index in [1.165, 1.54) is 0 Å². The molecule has 0 saturated carbocycles. The predicted molar refractivity (Wildman–Crippen MR) is 115 cm³/mol. The third-order valence-electron chi connectivity index (χ3n) is 6.08. The van der Waals surface area contributed by atoms with Gasteiger partial charge >= 0.3 is 6.18 Å². The van der Waals surface area contributed by atoms with Gasteiger partial charge in [-0.25, -0.2) is 0 Å². The molecule has 1 N–H and O–H groups in total. The van der Waals surface area contributed by atoms with Crippen molar-refractivity contribution in [2.75, 3.05) is 41.9 Å². The van der Waals surface area contributed by atoms with Gasteiger partial charge in [0.25, 0.3) is 0 Å². The Morgan fingerprint density at radius 2 is 1.84 bits per heavy atom. The van der Waals surface area contributed by atoms with Crippen LogP contribution in [0.4, 0.5) is 35.9 Å². The van der Waals surface area contributed by atoms with E-state index in [-0.39, 0.29) is 18.7 Å². The van der Waals surface area contributed by atoms with Gasteiger partial charge in [0.2, 0.25) is 5.91 Å². The summed E-state index contributed by atoms with van der Waals surface area (Å²) < 4.78 is 44.5. The van der Waals surface area contributed by atoms with Crippen molar-refractivity contribution in [3.63, 3.8) is 0 Å². The molecule has 31 heavy (non-hydrogen) atoms. The van der Waals surface area contributed by atoms with Crippen LogP contribution < -0.4 is 19.9 Å². The van der Waals surface area contributed by atoms with Gasteiger partial charge in [0, 0.05) is 43.3 Å². The van der Waals surface area contributed by atoms with Gasteiger partial charge in [-0.15, -0.1) is 0 Å². The third-order valence-corrected chi connectivity index (χ3v) is 6.08. The molecule has 2 aliphatic heterocycles. The molecule has 0 bridgehead atoms. The highest BCUT2D eigenvalue weighted by Gasteiger charge is 2.41. The molecule has 2 aliphatic rings. The number of fused-ring (bicyclic) bond motifs is 1. The second-order valence-corrected chi connectivity index (χ2v) is 8.16. The lowest BCUT2D eigenvalue weighted by Crippen LogP contribution is -2.39. The number of rotatable bonds is 3. The van der Waals surface area contributed by atoms with Crippen molar-refractivity contribution in [3.8, 4) is 5.75 Å². The Labute approximate surface area is 179 Å². The van der Waals surface area contributed by atoms with E-state index >= 15 is 0 Å². The number of hydrogen-bond acceptors (Lipinski definition) is 4. The molecule has 166 valence electrons. The van der Waals surface area contributed by atoms with Gasteiger partial charge in [-0.05, 0) is 55.7 Å². The first-order valence-electron chi connectivity index (χ1n) is 10.4. The summed E-state index contributed by atoms with van der Waals surface area (Å²) in [6.07, 6.45) is -3.49. The standard InChI is InChI=1S/C23H26F3N3O2/c1-15-13-18(29-10-7-16(8-11-29)23(24,25)26)4-5-19(15)27-17-3-6-20-21(14-17)31-12-9-22(30)28(20)2/h3-6,13-14,16,27H,7-12H2,1-2H3. The number of anilines is 4. The monoisotopic (exact) mass is 433 g/mol. The highest BCUT2D eigenvalue weighted by atomic mass is 19.4. The van der Waals surface area contributed by atoms with Crippen molar-refractivity contribution in [2.45, 2.75) is 32.4 Å². The van der Waals surface area contributed by atoms with E-state index in [0.29, 0.717) is 31.9 Å². The van der Waals surface area contributed by atoms with Crippen LogP contribution in [-0.4, -0.2) is 38.8 Å². The van der Waals surface area contributed by atoms with Gasteiger partial charge in [0.05, 0.1) is 24.6 Å². The summed E-state index contributed by atoms with van der Waals surface area (Å²) in [5.41, 5.74) is 4.42. The van der Waals surface area contributed by atoms with Crippen LogP contribution in [0.3, 0.4) is 0 Å². The van der Waals surface area contributed by atoms with Crippen LogP contribution in [0.5, 0.6) is 5.75 Å². The van der Waals surface area contributed by atoms with Crippen LogP contribution >= 0.6 is 0 Å². The number of piperidine rings is 1. The summed E-state index contributed by atoms with van der Waals surface area (Å²) >= 11 is 0. The number of benzene rings is 2. The maximum absolute atomic E-state index is 12.9. The van der Waals surface area contributed by atoms with Crippen molar-refractivity contribution in [3.05, 3.63) is 42.0 Å². The zero-order valence-corrected chi connectivity index (χ0v) is 17.6. The molecule has 1 fully saturated rings. The maximum atomic E-state index is 12.9. The van der Waals surface area contributed by atoms with E-state index in [2.05, 4.69) is 5.32 Å². The van der Waals surface area contributed by atoms with Gasteiger partial charge in [0.15, 0.2) is 0 Å². The molecular weight excluding hydrogens is 407 g/mol. The lowest BCUT2D eigenvalue weighted by atomic mass is 9.96. The number of nitrogens with one attached hydrogen (secondary N) is 1. The molecule has 0 aliphatic carbocycles. The summed E-state index contributed by atoms with van der Waals surface area (Å²) in [6, 6.07) is 11.5. The minimum atomic E-state index is -4.10. The zero-order chi connectivity index (χ0) is 22.2. The molecule has 0 spiro atoms. The number of amides is 1. The molecular formula is C23H26F3N3O2. The fraction of sp³-hybridized carbons (Fsp3) is 0.435. The highest BCUT2D eigenvalue weighted by Crippen LogP contribution is 2.37. The Balaban J connectivity index is 1.46. The highest BCUT2D eigenvalue weighted by molar-refractivity contribution is 5.95. The number of alkyl halides is 3. The van der Waals surface area contributed by atoms with Crippen molar-refractivity contribution in [1.29, 1.82) is 0 Å². The van der Waals surface area contributed by atoms with E-state index in [4.69, 9.17) is 4.74 Å². The minimum absolute atomic E-state index is 0.0187. The third kappa shape index (κ3) is 4.57. The van der Waals surface area contributed by atoms with E-state index in [0.717, 1.165) is 28.3 Å². The molecule has 0 aromatic heterocycles. The Morgan fingerprint density at radius 1 is 1.10 bits per heavy atom. The molecule has 0 radical (unpaired) electrons. The SMILES string of the molecule is Cc1cc(N2CCC(C(F)(F)F)CC2)ccc1Nc1ccc2c(c1)OCCC(=O)N2C. The van der Waals surface area contributed by atoms with Crippen LogP contribution in [-0.2, 0) is 4.79 Å². The van der Waals surface area contributed by atoms with Crippen molar-refractivity contribution >= 4 is 28.7 Å². The number of carbonyl (C=O) groups is 1. The van der Waals surface area contributed by atoms with Crippen molar-refractivity contribution < 1.29 is 22.7 Å². The molecule has 0 unspecified atom stereocenters. The molecule has 0 atom stereocenters. The van der Waals surface area contributed by atoms with Crippen LogP contribution in [0, 0.1) is 12.8 Å². The Bertz CT molecular complexity index is 969. The van der Waals surface area contributed by atoms with Crippen molar-refractivity contribution in [2.24, 2.45) is 5.92 Å². The lowest BCUT2D eigenvalue weighted by Gasteiger charge is -2.34. The Hall–Kier alpha value is -2.90. The Kier molecular flexibility index (Phi) is 5.73. The molecule has 2 heterocycles. The van der Waals surface area contributed by atoms with Crippen molar-refractivity contribution in [1.82, 2.24) is 0 Å². The molecule has 1 saturated heterocycles. The number of aryl methyl sites for hydroxylation is 1. The first-order valence-corrected chi connectivity index (χ1v) is 10.4. The molecule has 1 amide bonds. The quantitative estimate of drug-likeness (QED) is 0.717. The van der Waals surface area contributed by atoms with Gasteiger partial charge < -0.3 is 19.9 Å². The van der Waals surface area contributed by atoms with Gasteiger partial charge in [-0.1, -0.05) is 0 Å². The fourth-order valence-electron chi connectivity index (χ4n) is 4.14. The first kappa shape index (κ1) is 21.3. The summed E-state index contributed by atoms with van der Waals surface area (Å²) in [5, 5.41) is 3.38. The minimum Gasteiger partial charge on any atom is -0.491 e. The molecule has 4 rings (SSSR count). The zero-order valence-electron chi connectivity index (χ0n) is 17.6. The second-order valence-electron chi connectivity index (χ2n) is 8.16. The maximum Gasteiger partial charge on any atom is 0.391 e. The van der Waals surface area contributed by atoms with Gasteiger partial charge in [0.1, 0.15) is 5.75 Å². The summed E-state index contributed by atoms with van der Waals surface area (Å²) in [4.78, 5) is 15.6. The van der Waals surface area contributed by atoms with Crippen LogP contribution in [0.15, 0.2) is 36.4 Å². The molecule has 2 aromatic carbocycles. The predicted octanol–water partition coefficient (Wildman–Crippen LogP) is 5.26. The second kappa shape index (κ2) is 8.32. The Morgan fingerprint density at radius 3 is 2.52 bits per heavy atom. The van der Waals surface area contributed by atoms with Crippen LogP contribution in [0.1, 0.15) is 24.8 Å². The van der Waals surface area contributed by atoms with E-state index in [1.54, 1.807) is 11.9 Å². The topological polar surface area (TPSA) is 44.8 Å². The lowest BCUT2D eigenvalue weighted by molar-refractivity contribution is -0.179. The average Bonchev–Trinajstić information content (AvgIpc) is 2.87. The first-order chi connectivity index (χ1) is 14.7. The molecule has 5 nitrogen and oxygen atoms in total. The van der Waals surface area contributed by atoms with E-state index < -0.39 is 12.1 Å². The number of nitrogens with zero attached hydrogens (tertiary/aromatic N) is 2. The van der Waals surface area contributed by atoms with Gasteiger partial charge in [-0.2, -0.15) is 13.2 Å².